The lowest BCUT2D eigenvalue weighted by Crippen LogP contribution is -2.04. The molecule has 0 saturated heterocycles. The second-order valence-electron chi connectivity index (χ2n) is 3.90. The first kappa shape index (κ1) is 11.1. The summed E-state index contributed by atoms with van der Waals surface area (Å²) in [5.41, 5.74) is 1.00. The maximum absolute atomic E-state index is 9.81. The molecule has 0 radical (unpaired) electrons. The Hall–Kier alpha value is -1.02. The summed E-state index contributed by atoms with van der Waals surface area (Å²) in [6.45, 7) is 6.93. The van der Waals surface area contributed by atoms with Gasteiger partial charge in [0.05, 0.1) is 6.10 Å². The van der Waals surface area contributed by atoms with Crippen LogP contribution in [0.25, 0.3) is 0 Å². The minimum Gasteiger partial charge on any atom is -0.388 e. The number of hydrogen-bond donors (Lipinski definition) is 1. The first-order valence-electron chi connectivity index (χ1n) is 5.10. The molecule has 1 atom stereocenters. The lowest BCUT2D eigenvalue weighted by atomic mass is 10.0. The van der Waals surface area contributed by atoms with Crippen molar-refractivity contribution >= 4 is 0 Å². The van der Waals surface area contributed by atoms with Crippen LogP contribution >= 0.6 is 0 Å². The molecule has 1 heterocycles. The zero-order chi connectivity index (χ0) is 10.6. The molecule has 0 saturated carbocycles. The summed E-state index contributed by atoms with van der Waals surface area (Å²) in [7, 11) is 0. The Bertz CT molecular complexity index is 299. The number of allylic oxidation sites excluding steroid dienone is 2. The number of aliphatic hydroxyl groups excluding tert-OH is 1. The SMILES string of the molecule is CC=CCn1ccc(C(O)C(C)C)c1. The van der Waals surface area contributed by atoms with Crippen molar-refractivity contribution in [2.75, 3.05) is 0 Å². The predicted molar refractivity (Wildman–Crippen MR) is 59.0 cm³/mol. The molecule has 0 aliphatic rings. The second kappa shape index (κ2) is 5.01. The normalized spacial score (nSPS) is 14.1. The molecule has 1 aromatic rings. The van der Waals surface area contributed by atoms with Gasteiger partial charge in [-0.15, -0.1) is 0 Å². The minimum atomic E-state index is -0.346. The minimum absolute atomic E-state index is 0.271. The fourth-order valence-electron chi connectivity index (χ4n) is 1.36. The number of nitrogens with zero attached hydrogens (tertiary/aromatic N) is 1. The molecule has 0 amide bonds. The van der Waals surface area contributed by atoms with Gasteiger partial charge in [0.1, 0.15) is 0 Å². The Labute approximate surface area is 85.9 Å². The summed E-state index contributed by atoms with van der Waals surface area (Å²) in [6.07, 6.45) is 7.78. The molecule has 0 aliphatic carbocycles. The van der Waals surface area contributed by atoms with Crippen LogP contribution in [0, 0.1) is 5.92 Å². The van der Waals surface area contributed by atoms with E-state index in [-0.39, 0.29) is 12.0 Å². The van der Waals surface area contributed by atoms with Crippen molar-refractivity contribution in [3.8, 4) is 0 Å². The van der Waals surface area contributed by atoms with Gasteiger partial charge in [0.2, 0.25) is 0 Å². The monoisotopic (exact) mass is 193 g/mol. The summed E-state index contributed by atoms with van der Waals surface area (Å²) >= 11 is 0. The lowest BCUT2D eigenvalue weighted by molar-refractivity contribution is 0.127. The quantitative estimate of drug-likeness (QED) is 0.731. The summed E-state index contributed by atoms with van der Waals surface area (Å²) in [6, 6.07) is 1.98. The van der Waals surface area contributed by atoms with E-state index in [1.54, 1.807) is 0 Å². The third-order valence-corrected chi connectivity index (χ3v) is 2.30. The number of aliphatic hydroxyl groups is 1. The molecule has 1 unspecified atom stereocenters. The van der Waals surface area contributed by atoms with Gasteiger partial charge in [0.15, 0.2) is 0 Å². The van der Waals surface area contributed by atoms with E-state index < -0.39 is 0 Å². The van der Waals surface area contributed by atoms with Crippen molar-refractivity contribution in [3.05, 3.63) is 36.2 Å². The van der Waals surface area contributed by atoms with Crippen molar-refractivity contribution in [1.82, 2.24) is 4.57 Å². The van der Waals surface area contributed by atoms with Gasteiger partial charge in [-0.3, -0.25) is 0 Å². The molecule has 1 N–H and O–H groups in total. The van der Waals surface area contributed by atoms with Crippen molar-refractivity contribution < 1.29 is 5.11 Å². The van der Waals surface area contributed by atoms with Crippen LogP contribution in [0.3, 0.4) is 0 Å². The molecule has 0 aromatic carbocycles. The average molecular weight is 193 g/mol. The van der Waals surface area contributed by atoms with E-state index in [2.05, 4.69) is 10.6 Å². The molecule has 2 heteroatoms. The zero-order valence-electron chi connectivity index (χ0n) is 9.14. The highest BCUT2D eigenvalue weighted by Gasteiger charge is 2.12. The summed E-state index contributed by atoms with van der Waals surface area (Å²) in [5.74, 6) is 0.271. The number of rotatable bonds is 4. The average Bonchev–Trinajstić information content (AvgIpc) is 2.61. The third kappa shape index (κ3) is 2.74. The van der Waals surface area contributed by atoms with E-state index >= 15 is 0 Å². The van der Waals surface area contributed by atoms with E-state index in [1.165, 1.54) is 0 Å². The smallest absolute Gasteiger partial charge is 0.0827 e. The van der Waals surface area contributed by atoms with Crippen molar-refractivity contribution in [2.45, 2.75) is 33.4 Å². The van der Waals surface area contributed by atoms with Crippen LogP contribution in [0.1, 0.15) is 32.4 Å². The van der Waals surface area contributed by atoms with Gasteiger partial charge in [-0.05, 0) is 24.5 Å². The number of hydrogen-bond acceptors (Lipinski definition) is 1. The summed E-state index contributed by atoms with van der Waals surface area (Å²) < 4.78 is 2.07. The predicted octanol–water partition coefficient (Wildman–Crippen LogP) is 2.75. The molecule has 78 valence electrons. The fourth-order valence-corrected chi connectivity index (χ4v) is 1.36. The topological polar surface area (TPSA) is 25.2 Å². The molecule has 0 aliphatic heterocycles. The van der Waals surface area contributed by atoms with E-state index in [4.69, 9.17) is 0 Å². The highest BCUT2D eigenvalue weighted by atomic mass is 16.3. The Morgan fingerprint density at radius 3 is 2.79 bits per heavy atom. The highest BCUT2D eigenvalue weighted by molar-refractivity contribution is 5.14. The molecule has 1 rings (SSSR count). The molecule has 0 spiro atoms. The van der Waals surface area contributed by atoms with E-state index in [0.29, 0.717) is 0 Å². The highest BCUT2D eigenvalue weighted by Crippen LogP contribution is 2.21. The van der Waals surface area contributed by atoms with Crippen molar-refractivity contribution in [1.29, 1.82) is 0 Å². The first-order valence-corrected chi connectivity index (χ1v) is 5.10. The van der Waals surface area contributed by atoms with E-state index in [9.17, 15) is 5.11 Å². The maximum atomic E-state index is 9.81. The van der Waals surface area contributed by atoms with E-state index in [1.807, 2.05) is 45.3 Å². The second-order valence-corrected chi connectivity index (χ2v) is 3.90. The molecule has 2 nitrogen and oxygen atoms in total. The van der Waals surface area contributed by atoms with Crippen LogP contribution in [0.4, 0.5) is 0 Å². The Morgan fingerprint density at radius 1 is 1.50 bits per heavy atom. The molecular formula is C12H19NO. The van der Waals surface area contributed by atoms with Crippen LogP contribution in [0.2, 0.25) is 0 Å². The Morgan fingerprint density at radius 2 is 2.21 bits per heavy atom. The summed E-state index contributed by atoms with van der Waals surface area (Å²) in [5, 5.41) is 9.81. The molecule has 1 aromatic heterocycles. The van der Waals surface area contributed by atoms with Gasteiger partial charge in [0.25, 0.3) is 0 Å². The fraction of sp³-hybridized carbons (Fsp3) is 0.500. The van der Waals surface area contributed by atoms with Crippen LogP contribution in [-0.4, -0.2) is 9.67 Å². The van der Waals surface area contributed by atoms with Crippen molar-refractivity contribution in [3.63, 3.8) is 0 Å². The van der Waals surface area contributed by atoms with Crippen LogP contribution in [0.15, 0.2) is 30.6 Å². The van der Waals surface area contributed by atoms with Gasteiger partial charge in [0, 0.05) is 18.9 Å². The largest absolute Gasteiger partial charge is 0.388 e. The molecule has 0 bridgehead atoms. The Kier molecular flexibility index (Phi) is 3.96. The molecule has 0 fully saturated rings. The van der Waals surface area contributed by atoms with Gasteiger partial charge < -0.3 is 9.67 Å². The van der Waals surface area contributed by atoms with Crippen molar-refractivity contribution in [2.24, 2.45) is 5.92 Å². The molecular weight excluding hydrogens is 174 g/mol. The van der Waals surface area contributed by atoms with Gasteiger partial charge >= 0.3 is 0 Å². The van der Waals surface area contributed by atoms with E-state index in [0.717, 1.165) is 12.1 Å². The van der Waals surface area contributed by atoms with Crippen LogP contribution in [-0.2, 0) is 6.54 Å². The number of aromatic nitrogens is 1. The maximum Gasteiger partial charge on any atom is 0.0827 e. The van der Waals surface area contributed by atoms with Gasteiger partial charge in [-0.2, -0.15) is 0 Å². The first-order chi connectivity index (χ1) is 6.65. The zero-order valence-corrected chi connectivity index (χ0v) is 9.14. The summed E-state index contributed by atoms with van der Waals surface area (Å²) in [4.78, 5) is 0. The van der Waals surface area contributed by atoms with Crippen LogP contribution in [0.5, 0.6) is 0 Å². The third-order valence-electron chi connectivity index (χ3n) is 2.30. The molecule has 14 heavy (non-hydrogen) atoms. The van der Waals surface area contributed by atoms with Gasteiger partial charge in [-0.1, -0.05) is 26.0 Å². The lowest BCUT2D eigenvalue weighted by Gasteiger charge is -2.12. The van der Waals surface area contributed by atoms with Crippen LogP contribution < -0.4 is 0 Å². The standard InChI is InChI=1S/C12H19NO/c1-4-5-7-13-8-6-11(9-13)12(14)10(2)3/h4-6,8-10,12,14H,7H2,1-3H3. The Balaban J connectivity index is 2.67. The van der Waals surface area contributed by atoms with Gasteiger partial charge in [-0.25, -0.2) is 0 Å².